The van der Waals surface area contributed by atoms with Crippen LogP contribution in [-0.2, 0) is 11.4 Å². The normalized spacial score (nSPS) is 10.2. The molecule has 0 saturated heterocycles. The van der Waals surface area contributed by atoms with Crippen molar-refractivity contribution in [2.45, 2.75) is 20.0 Å². The highest BCUT2D eigenvalue weighted by atomic mass is 16.5. The Morgan fingerprint density at radius 2 is 1.71 bits per heavy atom. The van der Waals surface area contributed by atoms with Gasteiger partial charge in [-0.15, -0.1) is 0 Å². The van der Waals surface area contributed by atoms with Gasteiger partial charge >= 0.3 is 5.97 Å². The van der Waals surface area contributed by atoms with Gasteiger partial charge in [-0.1, -0.05) is 37.3 Å². The Balaban J connectivity index is 1.99. The van der Waals surface area contributed by atoms with E-state index >= 15 is 0 Å². The summed E-state index contributed by atoms with van der Waals surface area (Å²) in [5.74, 6) is -0.493. The minimum Gasteiger partial charge on any atom is -0.489 e. The number of carbonyl (C=O) groups excluding carboxylic acids is 1. The fourth-order valence-electron chi connectivity index (χ4n) is 2.30. The maximum atomic E-state index is 12.4. The van der Waals surface area contributed by atoms with Gasteiger partial charge in [-0.3, -0.25) is 9.59 Å². The van der Waals surface area contributed by atoms with Gasteiger partial charge in [0.05, 0.1) is 0 Å². The van der Waals surface area contributed by atoms with E-state index in [1.54, 1.807) is 12.1 Å². The number of benzene rings is 2. The average molecular weight is 327 g/mol. The Hall–Kier alpha value is -2.82. The second-order valence-electron chi connectivity index (χ2n) is 5.42. The molecule has 1 amide bonds. The molecule has 2 rings (SSSR count). The Labute approximate surface area is 141 Å². The second kappa shape index (κ2) is 8.72. The molecular formula is C19H21NO4. The first-order valence-corrected chi connectivity index (χ1v) is 7.88. The largest absolute Gasteiger partial charge is 0.489 e. The van der Waals surface area contributed by atoms with Crippen molar-refractivity contribution in [1.82, 2.24) is 4.90 Å². The van der Waals surface area contributed by atoms with Gasteiger partial charge in [0.2, 0.25) is 0 Å². The van der Waals surface area contributed by atoms with E-state index in [1.807, 2.05) is 49.4 Å². The molecule has 0 aromatic heterocycles. The van der Waals surface area contributed by atoms with Crippen LogP contribution in [0, 0.1) is 0 Å². The fourth-order valence-corrected chi connectivity index (χ4v) is 2.30. The molecule has 0 spiro atoms. The van der Waals surface area contributed by atoms with Crippen LogP contribution in [0.5, 0.6) is 5.75 Å². The SMILES string of the molecule is CCCN(CC(=O)O)C(=O)c1ccc(COc2ccccc2)cc1. The van der Waals surface area contributed by atoms with Crippen molar-refractivity contribution >= 4 is 11.9 Å². The van der Waals surface area contributed by atoms with Crippen molar-refractivity contribution in [2.75, 3.05) is 13.1 Å². The van der Waals surface area contributed by atoms with Gasteiger partial charge in [0.15, 0.2) is 0 Å². The number of para-hydroxylation sites is 1. The lowest BCUT2D eigenvalue weighted by Crippen LogP contribution is -2.36. The van der Waals surface area contributed by atoms with E-state index < -0.39 is 5.97 Å². The van der Waals surface area contributed by atoms with Crippen LogP contribution < -0.4 is 4.74 Å². The summed E-state index contributed by atoms with van der Waals surface area (Å²) in [6, 6.07) is 16.5. The smallest absolute Gasteiger partial charge is 0.323 e. The van der Waals surface area contributed by atoms with Gasteiger partial charge in [0.25, 0.3) is 5.91 Å². The molecule has 0 heterocycles. The molecule has 0 atom stereocenters. The minimum absolute atomic E-state index is 0.269. The number of nitrogens with zero attached hydrogens (tertiary/aromatic N) is 1. The number of carboxylic acids is 1. The van der Waals surface area contributed by atoms with Gasteiger partial charge in [0, 0.05) is 12.1 Å². The number of aliphatic carboxylic acids is 1. The van der Waals surface area contributed by atoms with Gasteiger partial charge in [-0.25, -0.2) is 0 Å². The van der Waals surface area contributed by atoms with Crippen molar-refractivity contribution < 1.29 is 19.4 Å². The van der Waals surface area contributed by atoms with E-state index in [1.165, 1.54) is 4.90 Å². The van der Waals surface area contributed by atoms with Crippen molar-refractivity contribution in [3.05, 3.63) is 65.7 Å². The highest BCUT2D eigenvalue weighted by molar-refractivity contribution is 5.95. The Bertz CT molecular complexity index is 668. The summed E-state index contributed by atoms with van der Waals surface area (Å²) in [7, 11) is 0. The van der Waals surface area contributed by atoms with Crippen molar-refractivity contribution in [3.8, 4) is 5.75 Å². The maximum Gasteiger partial charge on any atom is 0.323 e. The standard InChI is InChI=1S/C19H21NO4/c1-2-12-20(13-18(21)22)19(23)16-10-8-15(9-11-16)14-24-17-6-4-3-5-7-17/h3-11H,2,12-14H2,1H3,(H,21,22). The van der Waals surface area contributed by atoms with Crippen LogP contribution in [0.15, 0.2) is 54.6 Å². The van der Waals surface area contributed by atoms with Crippen molar-refractivity contribution in [2.24, 2.45) is 0 Å². The van der Waals surface area contributed by atoms with Crippen molar-refractivity contribution in [3.63, 3.8) is 0 Å². The predicted molar refractivity (Wildman–Crippen MR) is 91.0 cm³/mol. The number of hydrogen-bond acceptors (Lipinski definition) is 3. The van der Waals surface area contributed by atoms with E-state index in [9.17, 15) is 9.59 Å². The Kier molecular flexibility index (Phi) is 6.37. The van der Waals surface area contributed by atoms with E-state index in [-0.39, 0.29) is 12.5 Å². The molecule has 2 aromatic carbocycles. The number of carboxylic acid groups (broad SMARTS) is 1. The molecule has 0 aliphatic carbocycles. The lowest BCUT2D eigenvalue weighted by atomic mass is 10.1. The zero-order valence-corrected chi connectivity index (χ0v) is 13.6. The Morgan fingerprint density at radius 1 is 1.04 bits per heavy atom. The fraction of sp³-hybridized carbons (Fsp3) is 0.263. The summed E-state index contributed by atoms with van der Waals surface area (Å²) < 4.78 is 5.66. The monoisotopic (exact) mass is 327 g/mol. The molecule has 24 heavy (non-hydrogen) atoms. The number of ether oxygens (including phenoxy) is 1. The van der Waals surface area contributed by atoms with Gasteiger partial charge in [0.1, 0.15) is 18.9 Å². The summed E-state index contributed by atoms with van der Waals surface area (Å²) >= 11 is 0. The van der Waals surface area contributed by atoms with E-state index in [4.69, 9.17) is 9.84 Å². The molecular weight excluding hydrogens is 306 g/mol. The first-order valence-electron chi connectivity index (χ1n) is 7.88. The molecule has 0 aliphatic heterocycles. The zero-order valence-electron chi connectivity index (χ0n) is 13.6. The summed E-state index contributed by atoms with van der Waals surface area (Å²) in [6.45, 7) is 2.45. The maximum absolute atomic E-state index is 12.4. The van der Waals surface area contributed by atoms with Crippen LogP contribution in [0.4, 0.5) is 0 Å². The molecule has 0 fully saturated rings. The van der Waals surface area contributed by atoms with Crippen LogP contribution in [0.25, 0.3) is 0 Å². The summed E-state index contributed by atoms with van der Waals surface area (Å²) in [6.07, 6.45) is 0.710. The molecule has 1 N–H and O–H groups in total. The third kappa shape index (κ3) is 5.12. The van der Waals surface area contributed by atoms with E-state index in [0.29, 0.717) is 25.1 Å². The number of rotatable bonds is 8. The number of amides is 1. The molecule has 5 nitrogen and oxygen atoms in total. The van der Waals surface area contributed by atoms with Crippen LogP contribution in [0.1, 0.15) is 29.3 Å². The average Bonchev–Trinajstić information content (AvgIpc) is 2.60. The third-order valence-corrected chi connectivity index (χ3v) is 3.46. The van der Waals surface area contributed by atoms with Gasteiger partial charge in [-0.2, -0.15) is 0 Å². The zero-order chi connectivity index (χ0) is 17.4. The summed E-state index contributed by atoms with van der Waals surface area (Å²) in [4.78, 5) is 24.6. The third-order valence-electron chi connectivity index (χ3n) is 3.46. The van der Waals surface area contributed by atoms with Crippen LogP contribution in [0.3, 0.4) is 0 Å². The molecule has 0 radical (unpaired) electrons. The molecule has 2 aromatic rings. The van der Waals surface area contributed by atoms with Gasteiger partial charge in [-0.05, 0) is 36.2 Å². The molecule has 5 heteroatoms. The van der Waals surface area contributed by atoms with Crippen LogP contribution in [0.2, 0.25) is 0 Å². The summed E-state index contributed by atoms with van der Waals surface area (Å²) in [5.41, 5.74) is 1.42. The summed E-state index contributed by atoms with van der Waals surface area (Å²) in [5, 5.41) is 8.92. The predicted octanol–water partition coefficient (Wildman–Crippen LogP) is 3.20. The topological polar surface area (TPSA) is 66.8 Å². The first-order chi connectivity index (χ1) is 11.6. The lowest BCUT2D eigenvalue weighted by molar-refractivity contribution is -0.137. The molecule has 0 unspecified atom stereocenters. The highest BCUT2D eigenvalue weighted by Crippen LogP contribution is 2.13. The lowest BCUT2D eigenvalue weighted by Gasteiger charge is -2.20. The quantitative estimate of drug-likeness (QED) is 0.808. The highest BCUT2D eigenvalue weighted by Gasteiger charge is 2.17. The first kappa shape index (κ1) is 17.5. The number of hydrogen-bond donors (Lipinski definition) is 1. The van der Waals surface area contributed by atoms with Gasteiger partial charge < -0.3 is 14.7 Å². The molecule has 0 bridgehead atoms. The number of carbonyl (C=O) groups is 2. The van der Waals surface area contributed by atoms with E-state index in [2.05, 4.69) is 0 Å². The molecule has 0 aliphatic rings. The van der Waals surface area contributed by atoms with Crippen LogP contribution in [-0.4, -0.2) is 35.0 Å². The molecule has 0 saturated carbocycles. The van der Waals surface area contributed by atoms with Crippen LogP contribution >= 0.6 is 0 Å². The molecule has 126 valence electrons. The van der Waals surface area contributed by atoms with Crippen molar-refractivity contribution in [1.29, 1.82) is 0 Å². The van der Waals surface area contributed by atoms with E-state index in [0.717, 1.165) is 11.3 Å². The second-order valence-corrected chi connectivity index (χ2v) is 5.42. The minimum atomic E-state index is -1.01. The Morgan fingerprint density at radius 3 is 2.29 bits per heavy atom.